The number of carbonyl (C=O) groups excluding carboxylic acids is 1. The van der Waals surface area contributed by atoms with Gasteiger partial charge in [-0.2, -0.15) is 0 Å². The van der Waals surface area contributed by atoms with Crippen LogP contribution in [0.4, 0.5) is 5.69 Å². The van der Waals surface area contributed by atoms with Gasteiger partial charge >= 0.3 is 5.69 Å². The van der Waals surface area contributed by atoms with Gasteiger partial charge in [-0.1, -0.05) is 6.07 Å². The van der Waals surface area contributed by atoms with Crippen LogP contribution in [0.3, 0.4) is 0 Å². The van der Waals surface area contributed by atoms with Gasteiger partial charge in [-0.3, -0.25) is 10.1 Å². The number of hydrogen-bond acceptors (Lipinski definition) is 4. The van der Waals surface area contributed by atoms with Gasteiger partial charge in [0.05, 0.1) is 11.5 Å². The van der Waals surface area contributed by atoms with E-state index >= 15 is 0 Å². The normalized spacial score (nSPS) is 9.88. The van der Waals surface area contributed by atoms with Crippen molar-refractivity contribution in [1.29, 1.82) is 0 Å². The molecule has 0 bridgehead atoms. The molecule has 1 aromatic rings. The molecule has 1 rings (SSSR count). The Labute approximate surface area is 93.2 Å². The van der Waals surface area contributed by atoms with Crippen LogP contribution in [0.5, 0.6) is 5.75 Å². The molecular formula is C11H13NO4. The van der Waals surface area contributed by atoms with Crippen molar-refractivity contribution in [2.45, 2.75) is 20.3 Å². The third-order valence-electron chi connectivity index (χ3n) is 2.08. The molecule has 0 aliphatic rings. The fourth-order valence-electron chi connectivity index (χ4n) is 1.46. The number of aryl methyl sites for hydroxylation is 2. The van der Waals surface area contributed by atoms with Crippen molar-refractivity contribution in [3.8, 4) is 5.75 Å². The molecular weight excluding hydrogens is 210 g/mol. The van der Waals surface area contributed by atoms with E-state index in [9.17, 15) is 14.9 Å². The summed E-state index contributed by atoms with van der Waals surface area (Å²) in [6, 6.07) is 3.27. The largest absolute Gasteiger partial charge is 0.486 e. The zero-order chi connectivity index (χ0) is 12.1. The van der Waals surface area contributed by atoms with Gasteiger partial charge in [0, 0.05) is 12.5 Å². The summed E-state index contributed by atoms with van der Waals surface area (Å²) in [4.78, 5) is 20.5. The minimum absolute atomic E-state index is 0.0524. The van der Waals surface area contributed by atoms with Crippen molar-refractivity contribution in [3.63, 3.8) is 0 Å². The van der Waals surface area contributed by atoms with E-state index < -0.39 is 4.92 Å². The molecule has 0 atom stereocenters. The van der Waals surface area contributed by atoms with Crippen molar-refractivity contribution < 1.29 is 14.5 Å². The summed E-state index contributed by atoms with van der Waals surface area (Å²) < 4.78 is 5.25. The van der Waals surface area contributed by atoms with Crippen LogP contribution in [-0.2, 0) is 4.79 Å². The van der Waals surface area contributed by atoms with Crippen molar-refractivity contribution in [2.24, 2.45) is 0 Å². The molecule has 0 radical (unpaired) electrons. The molecule has 0 fully saturated rings. The average molecular weight is 223 g/mol. The van der Waals surface area contributed by atoms with E-state index in [4.69, 9.17) is 4.74 Å². The Balaban J connectivity index is 3.04. The highest BCUT2D eigenvalue weighted by Gasteiger charge is 2.18. The molecule has 5 heteroatoms. The van der Waals surface area contributed by atoms with Crippen LogP contribution in [0.2, 0.25) is 0 Å². The van der Waals surface area contributed by atoms with Gasteiger partial charge in [-0.05, 0) is 25.0 Å². The standard InChI is InChI=1S/C11H13NO4/c1-8-6-9(2)11(16-5-3-4-13)10(7-8)12(14)15/h4,6-7H,3,5H2,1-2H3. The van der Waals surface area contributed by atoms with E-state index in [-0.39, 0.29) is 24.5 Å². The van der Waals surface area contributed by atoms with E-state index in [1.807, 2.05) is 6.07 Å². The molecule has 5 nitrogen and oxygen atoms in total. The fraction of sp³-hybridized carbons (Fsp3) is 0.364. The van der Waals surface area contributed by atoms with Gasteiger partial charge in [0.15, 0.2) is 5.75 Å². The first-order valence-electron chi connectivity index (χ1n) is 4.88. The molecule has 0 saturated heterocycles. The first kappa shape index (κ1) is 12.2. The smallest absolute Gasteiger partial charge is 0.311 e. The highest BCUT2D eigenvalue weighted by Crippen LogP contribution is 2.31. The first-order chi connectivity index (χ1) is 7.56. The van der Waals surface area contributed by atoms with Crippen LogP contribution in [0.15, 0.2) is 12.1 Å². The van der Waals surface area contributed by atoms with Gasteiger partial charge in [0.1, 0.15) is 6.29 Å². The summed E-state index contributed by atoms with van der Waals surface area (Å²) in [5.74, 6) is 0.248. The van der Waals surface area contributed by atoms with E-state index in [1.165, 1.54) is 6.07 Å². The van der Waals surface area contributed by atoms with E-state index in [0.29, 0.717) is 5.56 Å². The molecule has 0 N–H and O–H groups in total. The predicted molar refractivity (Wildman–Crippen MR) is 58.7 cm³/mol. The van der Waals surface area contributed by atoms with Crippen LogP contribution in [0.1, 0.15) is 17.5 Å². The molecule has 0 aliphatic carbocycles. The summed E-state index contributed by atoms with van der Waals surface area (Å²) in [5.41, 5.74) is 1.47. The Bertz CT molecular complexity index is 415. The lowest BCUT2D eigenvalue weighted by Gasteiger charge is -2.09. The summed E-state index contributed by atoms with van der Waals surface area (Å²) in [5, 5.41) is 10.8. The van der Waals surface area contributed by atoms with Crippen molar-refractivity contribution in [2.75, 3.05) is 6.61 Å². The van der Waals surface area contributed by atoms with Gasteiger partial charge < -0.3 is 9.53 Å². The number of benzene rings is 1. The molecule has 0 unspecified atom stereocenters. The lowest BCUT2D eigenvalue weighted by Crippen LogP contribution is -2.03. The van der Waals surface area contributed by atoms with Crippen LogP contribution in [0.25, 0.3) is 0 Å². The highest BCUT2D eigenvalue weighted by atomic mass is 16.6. The number of nitro benzene ring substituents is 1. The lowest BCUT2D eigenvalue weighted by molar-refractivity contribution is -0.386. The van der Waals surface area contributed by atoms with Gasteiger partial charge in [-0.15, -0.1) is 0 Å². The zero-order valence-electron chi connectivity index (χ0n) is 9.23. The SMILES string of the molecule is Cc1cc(C)c(OCCC=O)c([N+](=O)[O-])c1. The second-order valence-corrected chi connectivity index (χ2v) is 3.49. The maximum Gasteiger partial charge on any atom is 0.311 e. The Hall–Kier alpha value is -1.91. The van der Waals surface area contributed by atoms with Crippen LogP contribution in [0, 0.1) is 24.0 Å². The van der Waals surface area contributed by atoms with Gasteiger partial charge in [-0.25, -0.2) is 0 Å². The number of hydrogen-bond donors (Lipinski definition) is 0. The molecule has 0 aliphatic heterocycles. The minimum Gasteiger partial charge on any atom is -0.486 e. The Morgan fingerprint density at radius 2 is 2.12 bits per heavy atom. The number of nitro groups is 1. The van der Waals surface area contributed by atoms with Crippen molar-refractivity contribution in [1.82, 2.24) is 0 Å². The zero-order valence-corrected chi connectivity index (χ0v) is 9.23. The topological polar surface area (TPSA) is 69.4 Å². The Kier molecular flexibility index (Phi) is 3.99. The van der Waals surface area contributed by atoms with Crippen molar-refractivity contribution >= 4 is 12.0 Å². The molecule has 86 valence electrons. The first-order valence-corrected chi connectivity index (χ1v) is 4.88. The number of rotatable bonds is 5. The maximum atomic E-state index is 10.8. The van der Waals surface area contributed by atoms with Crippen LogP contribution >= 0.6 is 0 Å². The molecule has 0 amide bonds. The number of aldehydes is 1. The predicted octanol–water partition coefficient (Wildman–Crippen LogP) is 2.18. The monoisotopic (exact) mass is 223 g/mol. The molecule has 0 heterocycles. The quantitative estimate of drug-likeness (QED) is 0.332. The Morgan fingerprint density at radius 3 is 2.69 bits per heavy atom. The molecule has 0 spiro atoms. The van der Waals surface area contributed by atoms with Crippen LogP contribution < -0.4 is 4.74 Å². The maximum absolute atomic E-state index is 10.8. The summed E-state index contributed by atoms with van der Waals surface area (Å²) in [6.07, 6.45) is 0.944. The number of carbonyl (C=O) groups is 1. The highest BCUT2D eigenvalue weighted by molar-refractivity contribution is 5.54. The summed E-state index contributed by atoms with van der Waals surface area (Å²) >= 11 is 0. The third kappa shape index (κ3) is 2.79. The second kappa shape index (κ2) is 5.25. The van der Waals surface area contributed by atoms with Gasteiger partial charge in [0.2, 0.25) is 0 Å². The van der Waals surface area contributed by atoms with Gasteiger partial charge in [0.25, 0.3) is 0 Å². The number of ether oxygens (including phenoxy) is 1. The summed E-state index contributed by atoms with van der Waals surface area (Å²) in [7, 11) is 0. The Morgan fingerprint density at radius 1 is 1.44 bits per heavy atom. The van der Waals surface area contributed by atoms with Crippen LogP contribution in [-0.4, -0.2) is 17.8 Å². The minimum atomic E-state index is -0.476. The van der Waals surface area contributed by atoms with E-state index in [0.717, 1.165) is 11.8 Å². The number of nitrogens with zero attached hydrogens (tertiary/aromatic N) is 1. The van der Waals surface area contributed by atoms with E-state index in [2.05, 4.69) is 0 Å². The summed E-state index contributed by atoms with van der Waals surface area (Å²) in [6.45, 7) is 3.69. The third-order valence-corrected chi connectivity index (χ3v) is 2.08. The van der Waals surface area contributed by atoms with Crippen molar-refractivity contribution in [3.05, 3.63) is 33.4 Å². The van der Waals surface area contributed by atoms with E-state index in [1.54, 1.807) is 13.8 Å². The molecule has 0 aromatic heterocycles. The molecule has 1 aromatic carbocycles. The molecule has 16 heavy (non-hydrogen) atoms. The fourth-order valence-corrected chi connectivity index (χ4v) is 1.46. The average Bonchev–Trinajstić information content (AvgIpc) is 2.20. The second-order valence-electron chi connectivity index (χ2n) is 3.49. The lowest BCUT2D eigenvalue weighted by atomic mass is 10.1. The molecule has 0 saturated carbocycles.